The van der Waals surface area contributed by atoms with Crippen molar-refractivity contribution in [2.75, 3.05) is 7.11 Å². The van der Waals surface area contributed by atoms with Gasteiger partial charge in [0.25, 0.3) is 0 Å². The van der Waals surface area contributed by atoms with Gasteiger partial charge in [-0.2, -0.15) is 0 Å². The fourth-order valence-corrected chi connectivity index (χ4v) is 3.26. The van der Waals surface area contributed by atoms with Gasteiger partial charge in [-0.15, -0.1) is 0 Å². The summed E-state index contributed by atoms with van der Waals surface area (Å²) in [6, 6.07) is 13.9. The maximum absolute atomic E-state index is 13.2. The van der Waals surface area contributed by atoms with Crippen molar-refractivity contribution in [1.29, 1.82) is 0 Å². The lowest BCUT2D eigenvalue weighted by Crippen LogP contribution is -2.49. The van der Waals surface area contributed by atoms with Crippen LogP contribution in [0, 0.1) is 5.82 Å². The van der Waals surface area contributed by atoms with Crippen LogP contribution in [-0.2, 0) is 10.2 Å². The minimum Gasteiger partial charge on any atom is -0.497 e. The van der Waals surface area contributed by atoms with Crippen molar-refractivity contribution in [1.82, 2.24) is 5.32 Å². The van der Waals surface area contributed by atoms with Gasteiger partial charge in [0, 0.05) is 0 Å². The topological polar surface area (TPSA) is 38.3 Å². The number of hydrogen-bond acceptors (Lipinski definition) is 2. The first-order valence-corrected chi connectivity index (χ1v) is 8.26. The second-order valence-corrected chi connectivity index (χ2v) is 6.41. The van der Waals surface area contributed by atoms with Crippen LogP contribution >= 0.6 is 0 Å². The molecule has 126 valence electrons. The molecule has 1 amide bonds. The smallest absolute Gasteiger partial charge is 0.231 e. The lowest BCUT2D eigenvalue weighted by molar-refractivity contribution is -0.130. The van der Waals surface area contributed by atoms with Gasteiger partial charge in [0.05, 0.1) is 18.6 Å². The molecule has 0 aromatic heterocycles. The molecule has 1 fully saturated rings. The summed E-state index contributed by atoms with van der Waals surface area (Å²) >= 11 is 0. The minimum absolute atomic E-state index is 0.0173. The molecule has 0 spiro atoms. The normalized spacial score (nSPS) is 16.8. The summed E-state index contributed by atoms with van der Waals surface area (Å²) in [6.45, 7) is 1.97. The molecular weight excluding hydrogens is 305 g/mol. The van der Waals surface area contributed by atoms with E-state index in [0.29, 0.717) is 0 Å². The Morgan fingerprint density at radius 3 is 2.25 bits per heavy atom. The van der Waals surface area contributed by atoms with Gasteiger partial charge in [0.1, 0.15) is 11.6 Å². The zero-order valence-electron chi connectivity index (χ0n) is 14.0. The summed E-state index contributed by atoms with van der Waals surface area (Å²) in [5.74, 6) is 0.531. The summed E-state index contributed by atoms with van der Waals surface area (Å²) in [4.78, 5) is 12.9. The molecule has 1 atom stereocenters. The molecule has 2 aromatic carbocycles. The Morgan fingerprint density at radius 1 is 1.12 bits per heavy atom. The van der Waals surface area contributed by atoms with Crippen LogP contribution in [0.2, 0.25) is 0 Å². The maximum Gasteiger partial charge on any atom is 0.231 e. The third kappa shape index (κ3) is 3.01. The van der Waals surface area contributed by atoms with Gasteiger partial charge in [-0.05, 0) is 55.2 Å². The Balaban J connectivity index is 1.75. The molecule has 0 aliphatic heterocycles. The second kappa shape index (κ2) is 6.63. The quantitative estimate of drug-likeness (QED) is 0.896. The molecular formula is C20H22FNO2. The van der Waals surface area contributed by atoms with E-state index in [2.05, 4.69) is 5.32 Å². The third-order valence-electron chi connectivity index (χ3n) is 5.00. The van der Waals surface area contributed by atoms with Crippen molar-refractivity contribution in [3.05, 3.63) is 65.5 Å². The molecule has 24 heavy (non-hydrogen) atoms. The predicted octanol–water partition coefficient (Wildman–Crippen LogP) is 4.13. The number of hydrogen-bond donors (Lipinski definition) is 1. The molecule has 1 aliphatic rings. The van der Waals surface area contributed by atoms with Crippen molar-refractivity contribution in [3.63, 3.8) is 0 Å². The van der Waals surface area contributed by atoms with Crippen LogP contribution in [-0.4, -0.2) is 13.0 Å². The molecule has 1 unspecified atom stereocenters. The summed E-state index contributed by atoms with van der Waals surface area (Å²) in [7, 11) is 1.63. The van der Waals surface area contributed by atoms with E-state index in [1.165, 1.54) is 12.1 Å². The van der Waals surface area contributed by atoms with Crippen molar-refractivity contribution in [3.8, 4) is 5.75 Å². The highest BCUT2D eigenvalue weighted by atomic mass is 19.1. The van der Waals surface area contributed by atoms with Gasteiger partial charge in [-0.1, -0.05) is 30.7 Å². The molecule has 0 saturated heterocycles. The maximum atomic E-state index is 13.2. The minimum atomic E-state index is -0.519. The number of benzene rings is 2. The fourth-order valence-electron chi connectivity index (χ4n) is 3.26. The van der Waals surface area contributed by atoms with E-state index in [-0.39, 0.29) is 17.8 Å². The first-order valence-electron chi connectivity index (χ1n) is 8.26. The standard InChI is InChI=1S/C20H22FNO2/c1-14(15-4-10-18(24-2)11-5-15)22-19(23)20(12-3-13-20)16-6-8-17(21)9-7-16/h4-11,14H,3,12-13H2,1-2H3,(H,22,23). The van der Waals surface area contributed by atoms with Crippen LogP contribution in [0.15, 0.2) is 48.5 Å². The number of carbonyl (C=O) groups is 1. The van der Waals surface area contributed by atoms with Gasteiger partial charge in [0.2, 0.25) is 5.91 Å². The van der Waals surface area contributed by atoms with E-state index in [0.717, 1.165) is 36.1 Å². The van der Waals surface area contributed by atoms with Crippen LogP contribution in [0.3, 0.4) is 0 Å². The van der Waals surface area contributed by atoms with Gasteiger partial charge < -0.3 is 10.1 Å². The molecule has 4 heteroatoms. The van der Waals surface area contributed by atoms with Crippen molar-refractivity contribution < 1.29 is 13.9 Å². The highest BCUT2D eigenvalue weighted by molar-refractivity contribution is 5.89. The molecule has 1 aliphatic carbocycles. The van der Waals surface area contributed by atoms with Crippen LogP contribution in [0.5, 0.6) is 5.75 Å². The Bertz CT molecular complexity index is 705. The zero-order chi connectivity index (χ0) is 17.2. The first-order chi connectivity index (χ1) is 11.5. The Kier molecular flexibility index (Phi) is 4.56. The number of amides is 1. The van der Waals surface area contributed by atoms with Gasteiger partial charge in [-0.3, -0.25) is 4.79 Å². The van der Waals surface area contributed by atoms with Gasteiger partial charge in [0.15, 0.2) is 0 Å². The molecule has 1 N–H and O–H groups in total. The molecule has 1 saturated carbocycles. The van der Waals surface area contributed by atoms with Crippen LogP contribution < -0.4 is 10.1 Å². The molecule has 2 aromatic rings. The van der Waals surface area contributed by atoms with Crippen molar-refractivity contribution in [2.45, 2.75) is 37.6 Å². The Labute approximate surface area is 141 Å². The van der Waals surface area contributed by atoms with Gasteiger partial charge in [-0.25, -0.2) is 4.39 Å². The molecule has 3 rings (SSSR count). The number of ether oxygens (including phenoxy) is 1. The summed E-state index contributed by atoms with van der Waals surface area (Å²) in [5, 5.41) is 3.12. The van der Waals surface area contributed by atoms with Crippen molar-refractivity contribution in [2.24, 2.45) is 0 Å². The number of methoxy groups -OCH3 is 1. The third-order valence-corrected chi connectivity index (χ3v) is 5.00. The Morgan fingerprint density at radius 2 is 1.75 bits per heavy atom. The van der Waals surface area contributed by atoms with E-state index in [9.17, 15) is 9.18 Å². The monoisotopic (exact) mass is 327 g/mol. The number of halogens is 1. The van der Waals surface area contributed by atoms with Crippen LogP contribution in [0.1, 0.15) is 43.4 Å². The molecule has 0 radical (unpaired) electrons. The Hall–Kier alpha value is -2.36. The van der Waals surface area contributed by atoms with Crippen LogP contribution in [0.4, 0.5) is 4.39 Å². The lowest BCUT2D eigenvalue weighted by Gasteiger charge is -2.41. The van der Waals surface area contributed by atoms with Crippen LogP contribution in [0.25, 0.3) is 0 Å². The number of carbonyl (C=O) groups excluding carboxylic acids is 1. The number of rotatable bonds is 5. The molecule has 0 heterocycles. The second-order valence-electron chi connectivity index (χ2n) is 6.41. The largest absolute Gasteiger partial charge is 0.497 e. The summed E-state index contributed by atoms with van der Waals surface area (Å²) < 4.78 is 18.3. The highest BCUT2D eigenvalue weighted by Gasteiger charge is 2.45. The highest BCUT2D eigenvalue weighted by Crippen LogP contribution is 2.44. The van der Waals surface area contributed by atoms with E-state index in [1.807, 2.05) is 31.2 Å². The lowest BCUT2D eigenvalue weighted by atomic mass is 9.63. The van der Waals surface area contributed by atoms with E-state index >= 15 is 0 Å². The summed E-state index contributed by atoms with van der Waals surface area (Å²) in [5.41, 5.74) is 1.40. The zero-order valence-corrected chi connectivity index (χ0v) is 14.0. The van der Waals surface area contributed by atoms with E-state index in [1.54, 1.807) is 19.2 Å². The van der Waals surface area contributed by atoms with Gasteiger partial charge >= 0.3 is 0 Å². The van der Waals surface area contributed by atoms with E-state index < -0.39 is 5.41 Å². The molecule has 3 nitrogen and oxygen atoms in total. The average Bonchev–Trinajstić information content (AvgIpc) is 2.55. The number of nitrogens with one attached hydrogen (secondary N) is 1. The van der Waals surface area contributed by atoms with E-state index in [4.69, 9.17) is 4.74 Å². The SMILES string of the molecule is COc1ccc(C(C)NC(=O)C2(c3ccc(F)cc3)CCC2)cc1. The fraction of sp³-hybridized carbons (Fsp3) is 0.350. The average molecular weight is 327 g/mol. The summed E-state index contributed by atoms with van der Waals surface area (Å²) in [6.07, 6.45) is 2.63. The predicted molar refractivity (Wildman–Crippen MR) is 91.5 cm³/mol. The molecule has 0 bridgehead atoms. The van der Waals surface area contributed by atoms with Crippen molar-refractivity contribution >= 4 is 5.91 Å². The first kappa shape index (κ1) is 16.5.